The molecule has 2 aromatic rings. The van der Waals surface area contributed by atoms with Gasteiger partial charge in [-0.05, 0) is 36.3 Å². The van der Waals surface area contributed by atoms with Crippen molar-refractivity contribution in [1.29, 1.82) is 0 Å². The quantitative estimate of drug-likeness (QED) is 0.790. The zero-order valence-electron chi connectivity index (χ0n) is 13.3. The molecule has 1 aromatic heterocycles. The van der Waals surface area contributed by atoms with Gasteiger partial charge in [0.2, 0.25) is 11.8 Å². The molecule has 126 valence electrons. The lowest BCUT2D eigenvalue weighted by Crippen LogP contribution is -2.50. The molecule has 3 rings (SSSR count). The molecule has 2 heterocycles. The lowest BCUT2D eigenvalue weighted by Gasteiger charge is -2.38. The molecule has 6 heteroatoms. The van der Waals surface area contributed by atoms with E-state index in [1.807, 2.05) is 24.4 Å². The number of carbonyl (C=O) groups excluding carboxylic acids is 2. The van der Waals surface area contributed by atoms with E-state index in [1.54, 1.807) is 4.90 Å². The van der Waals surface area contributed by atoms with E-state index in [-0.39, 0.29) is 17.7 Å². The Morgan fingerprint density at radius 1 is 1.42 bits per heavy atom. The molecule has 1 aromatic carbocycles. The van der Waals surface area contributed by atoms with Crippen LogP contribution in [0.15, 0.2) is 37.1 Å². The van der Waals surface area contributed by atoms with Gasteiger partial charge in [-0.2, -0.15) is 0 Å². The Hall–Kier alpha value is -2.27. The van der Waals surface area contributed by atoms with Crippen molar-refractivity contribution in [3.05, 3.63) is 47.6 Å². The minimum atomic E-state index is -0.0651. The van der Waals surface area contributed by atoms with Crippen LogP contribution in [-0.4, -0.2) is 41.3 Å². The molecule has 1 aliphatic rings. The summed E-state index contributed by atoms with van der Waals surface area (Å²) >= 11 is 6.04. The molecule has 0 unspecified atom stereocenters. The Kier molecular flexibility index (Phi) is 4.90. The van der Waals surface area contributed by atoms with Gasteiger partial charge in [-0.25, -0.2) is 0 Å². The van der Waals surface area contributed by atoms with Crippen LogP contribution in [0.5, 0.6) is 0 Å². The Morgan fingerprint density at radius 3 is 2.96 bits per heavy atom. The number of nitrogens with one attached hydrogen (secondary N) is 2. The molecule has 1 aliphatic heterocycles. The summed E-state index contributed by atoms with van der Waals surface area (Å²) in [4.78, 5) is 28.2. The van der Waals surface area contributed by atoms with Gasteiger partial charge < -0.3 is 15.2 Å². The van der Waals surface area contributed by atoms with E-state index in [4.69, 9.17) is 11.6 Å². The highest BCUT2D eigenvalue weighted by atomic mass is 35.5. The number of fused-ring (bicyclic) bond motifs is 1. The number of H-pyrrole nitrogens is 1. The Labute approximate surface area is 145 Å². The number of aromatic amines is 1. The molecule has 5 nitrogen and oxygen atoms in total. The maximum absolute atomic E-state index is 12.0. The van der Waals surface area contributed by atoms with Crippen LogP contribution in [0.4, 0.5) is 0 Å². The summed E-state index contributed by atoms with van der Waals surface area (Å²) < 4.78 is 0. The minimum Gasteiger partial charge on any atom is -0.361 e. The number of amides is 2. The number of rotatable bonds is 6. The molecule has 0 spiro atoms. The number of aromatic nitrogens is 1. The van der Waals surface area contributed by atoms with Crippen LogP contribution in [0.3, 0.4) is 0 Å². The van der Waals surface area contributed by atoms with Crippen LogP contribution >= 0.6 is 11.6 Å². The number of hydrogen-bond donors (Lipinski definition) is 2. The Bertz CT molecular complexity index is 778. The smallest absolute Gasteiger partial charge is 0.245 e. The zero-order chi connectivity index (χ0) is 17.1. The topological polar surface area (TPSA) is 65.2 Å². The molecule has 1 saturated heterocycles. The van der Waals surface area contributed by atoms with Crippen LogP contribution in [0.2, 0.25) is 5.02 Å². The van der Waals surface area contributed by atoms with Crippen molar-refractivity contribution in [2.45, 2.75) is 12.8 Å². The van der Waals surface area contributed by atoms with Crippen molar-refractivity contribution in [2.24, 2.45) is 5.92 Å². The van der Waals surface area contributed by atoms with Gasteiger partial charge in [-0.3, -0.25) is 9.59 Å². The summed E-state index contributed by atoms with van der Waals surface area (Å²) in [6, 6.07) is 5.74. The highest BCUT2D eigenvalue weighted by Crippen LogP contribution is 2.22. The van der Waals surface area contributed by atoms with Crippen LogP contribution in [-0.2, 0) is 16.0 Å². The molecule has 1 fully saturated rings. The third kappa shape index (κ3) is 3.62. The van der Waals surface area contributed by atoms with Crippen molar-refractivity contribution in [3.63, 3.8) is 0 Å². The second-order valence-corrected chi connectivity index (χ2v) is 6.56. The number of likely N-dealkylation sites (tertiary alicyclic amines) is 1. The first-order chi connectivity index (χ1) is 11.6. The monoisotopic (exact) mass is 345 g/mol. The lowest BCUT2D eigenvalue weighted by molar-refractivity contribution is -0.134. The van der Waals surface area contributed by atoms with Gasteiger partial charge in [0.15, 0.2) is 0 Å². The number of halogens is 1. The SMILES string of the molecule is C=CC(=O)N1CC(CC(=O)NCCc2c[nH]c3ccc(Cl)cc23)C1. The third-order valence-electron chi connectivity index (χ3n) is 4.36. The summed E-state index contributed by atoms with van der Waals surface area (Å²) in [5.74, 6) is 0.217. The van der Waals surface area contributed by atoms with E-state index in [0.29, 0.717) is 31.1 Å². The average molecular weight is 346 g/mol. The maximum atomic E-state index is 12.0. The molecule has 0 saturated carbocycles. The van der Waals surface area contributed by atoms with Gasteiger partial charge in [0.05, 0.1) is 0 Å². The van der Waals surface area contributed by atoms with Crippen molar-refractivity contribution in [2.75, 3.05) is 19.6 Å². The zero-order valence-corrected chi connectivity index (χ0v) is 14.1. The van der Waals surface area contributed by atoms with Gasteiger partial charge in [0, 0.05) is 54.1 Å². The van der Waals surface area contributed by atoms with E-state index >= 15 is 0 Å². The standard InChI is InChI=1S/C18H20ClN3O2/c1-2-18(24)22-10-12(11-22)7-17(23)20-6-5-13-9-21-16-4-3-14(19)8-15(13)16/h2-4,8-9,12,21H,1,5-7,10-11H2,(H,20,23). The largest absolute Gasteiger partial charge is 0.361 e. The maximum Gasteiger partial charge on any atom is 0.245 e. The fourth-order valence-electron chi connectivity index (χ4n) is 3.04. The summed E-state index contributed by atoms with van der Waals surface area (Å²) in [6.07, 6.45) is 4.47. The second-order valence-electron chi connectivity index (χ2n) is 6.12. The van der Waals surface area contributed by atoms with Crippen molar-refractivity contribution >= 4 is 34.3 Å². The van der Waals surface area contributed by atoms with Crippen LogP contribution in [0, 0.1) is 5.92 Å². The van der Waals surface area contributed by atoms with Gasteiger partial charge in [-0.15, -0.1) is 0 Å². The van der Waals surface area contributed by atoms with Gasteiger partial charge in [-0.1, -0.05) is 18.2 Å². The van der Waals surface area contributed by atoms with E-state index < -0.39 is 0 Å². The predicted molar refractivity (Wildman–Crippen MR) is 94.9 cm³/mol. The number of benzene rings is 1. The number of hydrogen-bond acceptors (Lipinski definition) is 2. The molecular weight excluding hydrogens is 326 g/mol. The highest BCUT2D eigenvalue weighted by Gasteiger charge is 2.30. The molecule has 24 heavy (non-hydrogen) atoms. The van der Waals surface area contributed by atoms with Crippen LogP contribution in [0.1, 0.15) is 12.0 Å². The lowest BCUT2D eigenvalue weighted by atomic mass is 9.96. The van der Waals surface area contributed by atoms with E-state index in [9.17, 15) is 9.59 Å². The highest BCUT2D eigenvalue weighted by molar-refractivity contribution is 6.31. The Morgan fingerprint density at radius 2 is 2.21 bits per heavy atom. The summed E-state index contributed by atoms with van der Waals surface area (Å²) in [5.41, 5.74) is 2.18. The molecular formula is C18H20ClN3O2. The van der Waals surface area contributed by atoms with Gasteiger partial charge >= 0.3 is 0 Å². The number of carbonyl (C=O) groups is 2. The first kappa shape index (κ1) is 16.6. The van der Waals surface area contributed by atoms with E-state index in [2.05, 4.69) is 16.9 Å². The fraction of sp³-hybridized carbons (Fsp3) is 0.333. The Balaban J connectivity index is 1.43. The first-order valence-electron chi connectivity index (χ1n) is 8.00. The van der Waals surface area contributed by atoms with Gasteiger partial charge in [0.25, 0.3) is 0 Å². The third-order valence-corrected chi connectivity index (χ3v) is 4.60. The van der Waals surface area contributed by atoms with E-state index in [0.717, 1.165) is 22.9 Å². The van der Waals surface area contributed by atoms with E-state index in [1.165, 1.54) is 6.08 Å². The molecule has 2 amide bonds. The molecule has 0 atom stereocenters. The predicted octanol–water partition coefficient (Wildman–Crippen LogP) is 2.51. The normalized spacial score (nSPS) is 14.5. The molecule has 0 bridgehead atoms. The second kappa shape index (κ2) is 7.09. The van der Waals surface area contributed by atoms with Crippen molar-refractivity contribution < 1.29 is 9.59 Å². The molecule has 2 N–H and O–H groups in total. The van der Waals surface area contributed by atoms with Crippen molar-refractivity contribution in [1.82, 2.24) is 15.2 Å². The van der Waals surface area contributed by atoms with Crippen LogP contribution < -0.4 is 5.32 Å². The summed E-state index contributed by atoms with van der Waals surface area (Å²) in [5, 5.41) is 4.74. The fourth-order valence-corrected chi connectivity index (χ4v) is 3.21. The summed E-state index contributed by atoms with van der Waals surface area (Å²) in [7, 11) is 0. The van der Waals surface area contributed by atoms with Crippen molar-refractivity contribution in [3.8, 4) is 0 Å². The molecule has 0 radical (unpaired) electrons. The van der Waals surface area contributed by atoms with Crippen LogP contribution in [0.25, 0.3) is 10.9 Å². The number of nitrogens with zero attached hydrogens (tertiary/aromatic N) is 1. The summed E-state index contributed by atoms with van der Waals surface area (Å²) in [6.45, 7) is 5.32. The minimum absolute atomic E-state index is 0.0311. The first-order valence-corrected chi connectivity index (χ1v) is 8.38. The van der Waals surface area contributed by atoms with Gasteiger partial charge in [0.1, 0.15) is 0 Å². The average Bonchev–Trinajstić information content (AvgIpc) is 2.92. The molecule has 0 aliphatic carbocycles.